The van der Waals surface area contributed by atoms with Gasteiger partial charge in [0.05, 0.1) is 6.10 Å². The fourth-order valence-electron chi connectivity index (χ4n) is 1.94. The number of rotatable bonds is 1. The van der Waals surface area contributed by atoms with E-state index in [1.54, 1.807) is 6.92 Å². The molecule has 0 radical (unpaired) electrons. The third kappa shape index (κ3) is 2.15. The summed E-state index contributed by atoms with van der Waals surface area (Å²) in [5, 5.41) is 9.49. The van der Waals surface area contributed by atoms with Crippen LogP contribution in [-0.4, -0.2) is 10.7 Å². The molecular weight excluding hydrogens is 188 g/mol. The number of hydrogen-bond acceptors (Lipinski definition) is 2. The molecule has 1 aromatic carbocycles. The quantitative estimate of drug-likeness (QED) is 0.765. The van der Waals surface area contributed by atoms with E-state index >= 15 is 0 Å². The van der Waals surface area contributed by atoms with Gasteiger partial charge in [-0.15, -0.1) is 0 Å². The maximum absolute atomic E-state index is 9.49. The Balaban J connectivity index is 2.32. The second-order valence-electron chi connectivity index (χ2n) is 4.90. The van der Waals surface area contributed by atoms with Crippen LogP contribution in [0.5, 0.6) is 5.75 Å². The van der Waals surface area contributed by atoms with E-state index in [4.69, 9.17) is 4.74 Å². The van der Waals surface area contributed by atoms with Gasteiger partial charge in [0.25, 0.3) is 0 Å². The van der Waals surface area contributed by atoms with Crippen LogP contribution in [0.25, 0.3) is 0 Å². The van der Waals surface area contributed by atoms with Gasteiger partial charge >= 0.3 is 0 Å². The van der Waals surface area contributed by atoms with Crippen LogP contribution < -0.4 is 4.74 Å². The van der Waals surface area contributed by atoms with Gasteiger partial charge in [0, 0.05) is 0 Å². The minimum Gasteiger partial charge on any atom is -0.488 e. The van der Waals surface area contributed by atoms with Crippen LogP contribution in [0.4, 0.5) is 0 Å². The molecule has 1 atom stereocenters. The molecule has 0 fully saturated rings. The van der Waals surface area contributed by atoms with E-state index in [2.05, 4.69) is 19.9 Å². The molecule has 0 unspecified atom stereocenters. The van der Waals surface area contributed by atoms with Crippen molar-refractivity contribution in [3.63, 3.8) is 0 Å². The van der Waals surface area contributed by atoms with Crippen molar-refractivity contribution >= 4 is 0 Å². The summed E-state index contributed by atoms with van der Waals surface area (Å²) < 4.78 is 5.87. The van der Waals surface area contributed by atoms with E-state index in [0.29, 0.717) is 0 Å². The van der Waals surface area contributed by atoms with E-state index in [0.717, 1.165) is 24.2 Å². The van der Waals surface area contributed by atoms with Crippen LogP contribution in [0.3, 0.4) is 0 Å². The number of fused-ring (bicyclic) bond motifs is 1. The lowest BCUT2D eigenvalue weighted by molar-refractivity contribution is 0.0844. The fourth-order valence-corrected chi connectivity index (χ4v) is 1.94. The van der Waals surface area contributed by atoms with Gasteiger partial charge in [-0.2, -0.15) is 0 Å². The predicted molar refractivity (Wildman–Crippen MR) is 60.1 cm³/mol. The number of aliphatic hydroxyl groups is 1. The Kier molecular flexibility index (Phi) is 2.47. The van der Waals surface area contributed by atoms with E-state index in [9.17, 15) is 5.11 Å². The number of hydrogen-bond donors (Lipinski definition) is 1. The third-order valence-corrected chi connectivity index (χ3v) is 2.95. The summed E-state index contributed by atoms with van der Waals surface area (Å²) in [6, 6.07) is 5.96. The molecule has 0 amide bonds. The van der Waals surface area contributed by atoms with Crippen LogP contribution in [0.1, 0.15) is 44.4 Å². The van der Waals surface area contributed by atoms with Crippen LogP contribution in [-0.2, 0) is 6.42 Å². The molecule has 1 aromatic rings. The lowest BCUT2D eigenvalue weighted by Gasteiger charge is -2.32. The molecule has 1 N–H and O–H groups in total. The first-order chi connectivity index (χ1) is 6.98. The van der Waals surface area contributed by atoms with E-state index in [1.165, 1.54) is 5.56 Å². The molecule has 0 spiro atoms. The molecule has 0 saturated carbocycles. The lowest BCUT2D eigenvalue weighted by Crippen LogP contribution is -2.32. The molecular formula is C13H18O2. The van der Waals surface area contributed by atoms with Crippen molar-refractivity contribution in [3.05, 3.63) is 29.3 Å². The van der Waals surface area contributed by atoms with Crippen LogP contribution in [0, 0.1) is 0 Å². The monoisotopic (exact) mass is 206 g/mol. The average Bonchev–Trinajstić information content (AvgIpc) is 2.15. The second-order valence-corrected chi connectivity index (χ2v) is 4.90. The minimum atomic E-state index is -0.398. The molecule has 0 bridgehead atoms. The van der Waals surface area contributed by atoms with Crippen molar-refractivity contribution < 1.29 is 9.84 Å². The summed E-state index contributed by atoms with van der Waals surface area (Å²) >= 11 is 0. The molecule has 2 heteroatoms. The Bertz CT molecular complexity index is 367. The molecule has 1 heterocycles. The average molecular weight is 206 g/mol. The van der Waals surface area contributed by atoms with Gasteiger partial charge in [0.15, 0.2) is 0 Å². The topological polar surface area (TPSA) is 29.5 Å². The van der Waals surface area contributed by atoms with Gasteiger partial charge in [-0.3, -0.25) is 0 Å². The van der Waals surface area contributed by atoms with Gasteiger partial charge in [-0.05, 0) is 56.9 Å². The molecule has 1 aliphatic heterocycles. The van der Waals surface area contributed by atoms with Crippen molar-refractivity contribution in [3.8, 4) is 5.75 Å². The first kappa shape index (κ1) is 10.5. The standard InChI is InChI=1S/C13H18O2/c1-9(14)10-4-5-12-11(8-10)6-7-13(2,3)15-12/h4-5,8-9,14H,6-7H2,1-3H3/t9-/m1/s1. The van der Waals surface area contributed by atoms with E-state index < -0.39 is 6.10 Å². The van der Waals surface area contributed by atoms with Gasteiger partial charge in [-0.1, -0.05) is 6.07 Å². The van der Waals surface area contributed by atoms with Gasteiger partial charge < -0.3 is 9.84 Å². The smallest absolute Gasteiger partial charge is 0.123 e. The molecule has 2 nitrogen and oxygen atoms in total. The van der Waals surface area contributed by atoms with Crippen LogP contribution in [0.15, 0.2) is 18.2 Å². The first-order valence-corrected chi connectivity index (χ1v) is 5.48. The number of benzene rings is 1. The van der Waals surface area contributed by atoms with Gasteiger partial charge in [-0.25, -0.2) is 0 Å². The summed E-state index contributed by atoms with van der Waals surface area (Å²) in [6.45, 7) is 6.01. The minimum absolute atomic E-state index is 0.0562. The van der Waals surface area contributed by atoms with E-state index in [-0.39, 0.29) is 5.60 Å². The van der Waals surface area contributed by atoms with Gasteiger partial charge in [0.1, 0.15) is 11.4 Å². The highest BCUT2D eigenvalue weighted by molar-refractivity contribution is 5.40. The molecule has 15 heavy (non-hydrogen) atoms. The van der Waals surface area contributed by atoms with Crippen molar-refractivity contribution in [2.45, 2.75) is 45.3 Å². The molecule has 82 valence electrons. The first-order valence-electron chi connectivity index (χ1n) is 5.48. The molecule has 1 aliphatic rings. The Labute approximate surface area is 90.9 Å². The third-order valence-electron chi connectivity index (χ3n) is 2.95. The number of aryl methyl sites for hydroxylation is 1. The van der Waals surface area contributed by atoms with Crippen LogP contribution in [0.2, 0.25) is 0 Å². The SMILES string of the molecule is C[C@@H](O)c1ccc2c(c1)CCC(C)(C)O2. The highest BCUT2D eigenvalue weighted by Crippen LogP contribution is 2.34. The maximum atomic E-state index is 9.49. The van der Waals surface area contributed by atoms with Crippen molar-refractivity contribution in [1.29, 1.82) is 0 Å². The molecule has 0 aromatic heterocycles. The van der Waals surface area contributed by atoms with Crippen LogP contribution >= 0.6 is 0 Å². The zero-order valence-corrected chi connectivity index (χ0v) is 9.58. The summed E-state index contributed by atoms with van der Waals surface area (Å²) in [6.07, 6.45) is 1.66. The Morgan fingerprint density at radius 1 is 1.40 bits per heavy atom. The number of aliphatic hydroxyl groups excluding tert-OH is 1. The largest absolute Gasteiger partial charge is 0.488 e. The molecule has 0 saturated heterocycles. The van der Waals surface area contributed by atoms with Crippen molar-refractivity contribution in [2.24, 2.45) is 0 Å². The highest BCUT2D eigenvalue weighted by Gasteiger charge is 2.26. The zero-order valence-electron chi connectivity index (χ0n) is 9.58. The normalized spacial score (nSPS) is 20.3. The Morgan fingerprint density at radius 3 is 2.80 bits per heavy atom. The Morgan fingerprint density at radius 2 is 2.13 bits per heavy atom. The predicted octanol–water partition coefficient (Wildman–Crippen LogP) is 2.84. The van der Waals surface area contributed by atoms with Gasteiger partial charge in [0.2, 0.25) is 0 Å². The second kappa shape index (κ2) is 3.53. The summed E-state index contributed by atoms with van der Waals surface area (Å²) in [7, 11) is 0. The number of ether oxygens (including phenoxy) is 1. The summed E-state index contributed by atoms with van der Waals surface area (Å²) in [5.41, 5.74) is 2.13. The lowest BCUT2D eigenvalue weighted by atomic mass is 9.93. The molecule has 0 aliphatic carbocycles. The van der Waals surface area contributed by atoms with Crippen molar-refractivity contribution in [2.75, 3.05) is 0 Å². The van der Waals surface area contributed by atoms with Crippen molar-refractivity contribution in [1.82, 2.24) is 0 Å². The highest BCUT2D eigenvalue weighted by atomic mass is 16.5. The summed E-state index contributed by atoms with van der Waals surface area (Å²) in [5.74, 6) is 0.968. The molecule has 2 rings (SSSR count). The maximum Gasteiger partial charge on any atom is 0.123 e. The zero-order chi connectivity index (χ0) is 11.1. The Hall–Kier alpha value is -1.02. The fraction of sp³-hybridized carbons (Fsp3) is 0.538. The van der Waals surface area contributed by atoms with E-state index in [1.807, 2.05) is 12.1 Å². The summed E-state index contributed by atoms with van der Waals surface area (Å²) in [4.78, 5) is 0.